The summed E-state index contributed by atoms with van der Waals surface area (Å²) in [4.78, 5) is 19.2. The summed E-state index contributed by atoms with van der Waals surface area (Å²) in [7, 11) is 1.82. The van der Waals surface area contributed by atoms with Crippen molar-refractivity contribution < 1.29 is 4.79 Å². The molecule has 2 N–H and O–H groups in total. The van der Waals surface area contributed by atoms with Crippen LogP contribution in [0.2, 0.25) is 0 Å². The summed E-state index contributed by atoms with van der Waals surface area (Å²) in [6, 6.07) is 4.17. The number of nitrogens with one attached hydrogen (secondary N) is 2. The fourth-order valence-electron chi connectivity index (χ4n) is 2.88. The minimum Gasteiger partial charge on any atom is -0.373 e. The second-order valence-electron chi connectivity index (χ2n) is 5.47. The van der Waals surface area contributed by atoms with Crippen LogP contribution in [0.5, 0.6) is 0 Å². The summed E-state index contributed by atoms with van der Waals surface area (Å²) in [5, 5.41) is 6.08. The molecule has 0 aromatic carbocycles. The van der Waals surface area contributed by atoms with Gasteiger partial charge in [-0.25, -0.2) is 4.98 Å². The number of aryl methyl sites for hydroxylation is 1. The van der Waals surface area contributed by atoms with E-state index in [2.05, 4.69) is 27.4 Å². The lowest BCUT2D eigenvalue weighted by Crippen LogP contribution is -2.40. The van der Waals surface area contributed by atoms with Crippen LogP contribution in [0.3, 0.4) is 0 Å². The summed E-state index contributed by atoms with van der Waals surface area (Å²) in [6.45, 7) is 7.15. The van der Waals surface area contributed by atoms with Gasteiger partial charge in [-0.15, -0.1) is 0 Å². The van der Waals surface area contributed by atoms with Crippen LogP contribution in [-0.4, -0.2) is 48.5 Å². The predicted molar refractivity (Wildman–Crippen MR) is 85.8 cm³/mol. The second-order valence-corrected chi connectivity index (χ2v) is 5.47. The van der Waals surface area contributed by atoms with Crippen LogP contribution in [-0.2, 0) is 6.42 Å². The van der Waals surface area contributed by atoms with Crippen LogP contribution in [0.1, 0.15) is 42.7 Å². The van der Waals surface area contributed by atoms with Crippen LogP contribution >= 0.6 is 0 Å². The lowest BCUT2D eigenvalue weighted by atomic mass is 10.1. The smallest absolute Gasteiger partial charge is 0.251 e. The lowest BCUT2D eigenvalue weighted by molar-refractivity contribution is 0.0941. The van der Waals surface area contributed by atoms with E-state index in [4.69, 9.17) is 0 Å². The highest BCUT2D eigenvalue weighted by Crippen LogP contribution is 2.16. The molecule has 1 aromatic heterocycles. The van der Waals surface area contributed by atoms with Crippen LogP contribution in [0, 0.1) is 0 Å². The predicted octanol–water partition coefficient (Wildman–Crippen LogP) is 1.90. The molecule has 5 heteroatoms. The Morgan fingerprint density at radius 1 is 1.43 bits per heavy atom. The van der Waals surface area contributed by atoms with Crippen molar-refractivity contribution in [1.29, 1.82) is 0 Å². The van der Waals surface area contributed by atoms with Crippen molar-refractivity contribution in [2.75, 3.05) is 32.0 Å². The third-order valence-electron chi connectivity index (χ3n) is 4.16. The molecule has 0 radical (unpaired) electrons. The molecule has 1 aromatic rings. The average Bonchev–Trinajstić information content (AvgIpc) is 2.99. The Morgan fingerprint density at radius 3 is 2.90 bits per heavy atom. The number of hydrogen-bond acceptors (Lipinski definition) is 4. The van der Waals surface area contributed by atoms with E-state index in [1.54, 1.807) is 6.07 Å². The Morgan fingerprint density at radius 2 is 2.24 bits per heavy atom. The third kappa shape index (κ3) is 3.94. The van der Waals surface area contributed by atoms with E-state index in [1.807, 2.05) is 20.0 Å². The van der Waals surface area contributed by atoms with E-state index in [-0.39, 0.29) is 5.91 Å². The van der Waals surface area contributed by atoms with E-state index in [0.717, 1.165) is 37.6 Å². The van der Waals surface area contributed by atoms with Crippen molar-refractivity contribution in [1.82, 2.24) is 15.2 Å². The standard InChI is InChI=1S/C16H26N4O/c1-4-13-9-12(10-15(17-3)19-13)16(21)18-11-14-7-6-8-20(14)5-2/h9-10,14H,4-8,11H2,1-3H3,(H,17,19)(H,18,21). The summed E-state index contributed by atoms with van der Waals surface area (Å²) in [6.07, 6.45) is 3.22. The van der Waals surface area contributed by atoms with Crippen molar-refractivity contribution in [2.45, 2.75) is 39.2 Å². The molecule has 21 heavy (non-hydrogen) atoms. The first-order valence-electron chi connectivity index (χ1n) is 7.88. The number of pyridine rings is 1. The molecular weight excluding hydrogens is 264 g/mol. The zero-order chi connectivity index (χ0) is 15.2. The van der Waals surface area contributed by atoms with E-state index in [9.17, 15) is 4.79 Å². The van der Waals surface area contributed by atoms with E-state index >= 15 is 0 Å². The third-order valence-corrected chi connectivity index (χ3v) is 4.16. The van der Waals surface area contributed by atoms with Gasteiger partial charge in [0.15, 0.2) is 0 Å². The minimum absolute atomic E-state index is 0.00782. The average molecular weight is 290 g/mol. The van der Waals surface area contributed by atoms with Gasteiger partial charge in [-0.05, 0) is 44.5 Å². The number of likely N-dealkylation sites (tertiary alicyclic amines) is 1. The van der Waals surface area contributed by atoms with Crippen LogP contribution in [0.4, 0.5) is 5.82 Å². The number of hydrogen-bond donors (Lipinski definition) is 2. The fraction of sp³-hybridized carbons (Fsp3) is 0.625. The van der Waals surface area contributed by atoms with Crippen LogP contribution in [0.25, 0.3) is 0 Å². The summed E-state index contributed by atoms with van der Waals surface area (Å²) in [5.41, 5.74) is 1.62. The van der Waals surface area contributed by atoms with E-state index < -0.39 is 0 Å². The Bertz CT molecular complexity index is 467. The molecule has 5 nitrogen and oxygen atoms in total. The number of aromatic nitrogens is 1. The van der Waals surface area contributed by atoms with E-state index in [1.165, 1.54) is 12.8 Å². The van der Waals surface area contributed by atoms with Gasteiger partial charge in [0.05, 0.1) is 0 Å². The first-order chi connectivity index (χ1) is 10.2. The van der Waals surface area contributed by atoms with Gasteiger partial charge in [0.25, 0.3) is 5.91 Å². The maximum Gasteiger partial charge on any atom is 0.251 e. The first kappa shape index (κ1) is 15.8. The van der Waals surface area contributed by atoms with Crippen molar-refractivity contribution >= 4 is 11.7 Å². The van der Waals surface area contributed by atoms with Gasteiger partial charge in [-0.3, -0.25) is 9.69 Å². The number of likely N-dealkylation sites (N-methyl/N-ethyl adjacent to an activating group) is 1. The monoisotopic (exact) mass is 290 g/mol. The van der Waals surface area contributed by atoms with Crippen molar-refractivity contribution in [2.24, 2.45) is 0 Å². The number of rotatable bonds is 6. The Hall–Kier alpha value is -1.62. The fourth-order valence-corrected chi connectivity index (χ4v) is 2.88. The molecule has 1 aliphatic rings. The van der Waals surface area contributed by atoms with Crippen LogP contribution < -0.4 is 10.6 Å². The molecule has 116 valence electrons. The molecule has 0 spiro atoms. The van der Waals surface area contributed by atoms with Crippen molar-refractivity contribution in [3.8, 4) is 0 Å². The van der Waals surface area contributed by atoms with Gasteiger partial charge in [-0.2, -0.15) is 0 Å². The zero-order valence-electron chi connectivity index (χ0n) is 13.3. The molecule has 1 atom stereocenters. The number of carbonyl (C=O) groups is 1. The molecule has 1 saturated heterocycles. The number of anilines is 1. The molecule has 2 heterocycles. The Kier molecular flexibility index (Phi) is 5.56. The maximum absolute atomic E-state index is 12.3. The normalized spacial score (nSPS) is 18.7. The van der Waals surface area contributed by atoms with Crippen molar-refractivity contribution in [3.63, 3.8) is 0 Å². The number of nitrogens with zero attached hydrogens (tertiary/aromatic N) is 2. The molecule has 0 aliphatic carbocycles. The molecule has 1 aliphatic heterocycles. The second kappa shape index (κ2) is 7.41. The molecular formula is C16H26N4O. The van der Waals surface area contributed by atoms with Gasteiger partial charge in [0.2, 0.25) is 0 Å². The quantitative estimate of drug-likeness (QED) is 0.840. The largest absolute Gasteiger partial charge is 0.373 e. The van der Waals surface area contributed by atoms with Gasteiger partial charge < -0.3 is 10.6 Å². The topological polar surface area (TPSA) is 57.3 Å². The molecule has 0 saturated carbocycles. The number of amides is 1. The highest BCUT2D eigenvalue weighted by Gasteiger charge is 2.23. The maximum atomic E-state index is 12.3. The highest BCUT2D eigenvalue weighted by molar-refractivity contribution is 5.95. The van der Waals surface area contributed by atoms with E-state index in [0.29, 0.717) is 11.6 Å². The highest BCUT2D eigenvalue weighted by atomic mass is 16.1. The molecule has 2 rings (SSSR count). The Balaban J connectivity index is 1.99. The summed E-state index contributed by atoms with van der Waals surface area (Å²) in [5.74, 6) is 0.738. The van der Waals surface area contributed by atoms with Crippen LogP contribution in [0.15, 0.2) is 12.1 Å². The minimum atomic E-state index is -0.00782. The zero-order valence-corrected chi connectivity index (χ0v) is 13.3. The SMILES string of the molecule is CCc1cc(C(=O)NCC2CCCN2CC)cc(NC)n1. The molecule has 0 bridgehead atoms. The molecule has 1 fully saturated rings. The Labute approximate surface area is 127 Å². The first-order valence-corrected chi connectivity index (χ1v) is 7.88. The summed E-state index contributed by atoms with van der Waals surface area (Å²) >= 11 is 0. The van der Waals surface area contributed by atoms with Gasteiger partial charge in [0.1, 0.15) is 5.82 Å². The van der Waals surface area contributed by atoms with Gasteiger partial charge >= 0.3 is 0 Å². The van der Waals surface area contributed by atoms with Crippen molar-refractivity contribution in [3.05, 3.63) is 23.4 Å². The van der Waals surface area contributed by atoms with Gasteiger partial charge in [-0.1, -0.05) is 13.8 Å². The number of carbonyl (C=O) groups excluding carboxylic acids is 1. The molecule has 1 unspecified atom stereocenters. The van der Waals surface area contributed by atoms with Gasteiger partial charge in [0, 0.05) is 30.9 Å². The summed E-state index contributed by atoms with van der Waals surface area (Å²) < 4.78 is 0. The molecule has 1 amide bonds. The lowest BCUT2D eigenvalue weighted by Gasteiger charge is -2.22.